The summed E-state index contributed by atoms with van der Waals surface area (Å²) in [6, 6.07) is 12.1. The highest BCUT2D eigenvalue weighted by atomic mass is 15.6. The van der Waals surface area contributed by atoms with E-state index in [1.807, 2.05) is 24.3 Å². The first-order chi connectivity index (χ1) is 12.8. The Balaban J connectivity index is 1.58. The van der Waals surface area contributed by atoms with E-state index in [2.05, 4.69) is 39.5 Å². The van der Waals surface area contributed by atoms with Crippen molar-refractivity contribution >= 4 is 21.8 Å². The molecule has 6 heteroatoms. The summed E-state index contributed by atoms with van der Waals surface area (Å²) < 4.78 is 0. The lowest BCUT2D eigenvalue weighted by molar-refractivity contribution is 0.477. The van der Waals surface area contributed by atoms with Crippen molar-refractivity contribution in [2.24, 2.45) is 0 Å². The molecule has 0 aliphatic carbocycles. The first-order valence-corrected chi connectivity index (χ1v) is 9.28. The maximum Gasteiger partial charge on any atom is 0.223 e. The summed E-state index contributed by atoms with van der Waals surface area (Å²) in [6.07, 6.45) is 7.89. The average molecular weight is 346 g/mol. The summed E-state index contributed by atoms with van der Waals surface area (Å²) in [4.78, 5) is 10.9. The van der Waals surface area contributed by atoms with Crippen LogP contribution in [-0.2, 0) is 6.54 Å². The van der Waals surface area contributed by atoms with Gasteiger partial charge in [0.2, 0.25) is 5.82 Å². The second-order valence-corrected chi connectivity index (χ2v) is 6.53. The van der Waals surface area contributed by atoms with E-state index >= 15 is 0 Å². The molecule has 0 saturated carbocycles. The zero-order chi connectivity index (χ0) is 17.8. The molecule has 0 unspecified atom stereocenters. The largest absolute Gasteiger partial charge is 0.254 e. The van der Waals surface area contributed by atoms with Gasteiger partial charge in [-0.15, -0.1) is 10.2 Å². The van der Waals surface area contributed by atoms with Gasteiger partial charge >= 0.3 is 0 Å². The molecule has 3 heterocycles. The summed E-state index contributed by atoms with van der Waals surface area (Å²) in [6.45, 7) is 3.02. The molecular formula is C20H22N6. The number of aryl methyl sites for hydroxylation is 1. The Morgan fingerprint density at radius 1 is 0.885 bits per heavy atom. The lowest BCUT2D eigenvalue weighted by Gasteiger charge is -2.03. The van der Waals surface area contributed by atoms with Crippen LogP contribution in [0.2, 0.25) is 0 Å². The maximum atomic E-state index is 4.77. The maximum absolute atomic E-state index is 4.77. The van der Waals surface area contributed by atoms with Crippen molar-refractivity contribution in [2.75, 3.05) is 0 Å². The minimum atomic E-state index is 0.563. The van der Waals surface area contributed by atoms with E-state index in [1.54, 1.807) is 11.0 Å². The number of rotatable bonds is 7. The standard InChI is InChI=1S/C20H22N6/c1-2-3-4-5-6-14-26-24-20(23-25-26)17-12-11-16-10-9-15-8-7-13-21-18(15)19(16)22-17/h7-13H,2-6,14H2,1H3. The zero-order valence-electron chi connectivity index (χ0n) is 15.0. The molecule has 26 heavy (non-hydrogen) atoms. The molecule has 4 rings (SSSR count). The fourth-order valence-corrected chi connectivity index (χ4v) is 3.15. The second kappa shape index (κ2) is 7.56. The predicted molar refractivity (Wildman–Crippen MR) is 103 cm³/mol. The van der Waals surface area contributed by atoms with Crippen LogP contribution in [0.5, 0.6) is 0 Å². The van der Waals surface area contributed by atoms with Crippen molar-refractivity contribution in [2.45, 2.75) is 45.6 Å². The van der Waals surface area contributed by atoms with E-state index in [9.17, 15) is 0 Å². The molecular weight excluding hydrogens is 324 g/mol. The monoisotopic (exact) mass is 346 g/mol. The summed E-state index contributed by atoms with van der Waals surface area (Å²) in [5.41, 5.74) is 2.50. The van der Waals surface area contributed by atoms with Crippen LogP contribution in [0.25, 0.3) is 33.3 Å². The Morgan fingerprint density at radius 2 is 1.69 bits per heavy atom. The third kappa shape index (κ3) is 3.40. The van der Waals surface area contributed by atoms with Crippen LogP contribution in [0.4, 0.5) is 0 Å². The Morgan fingerprint density at radius 3 is 2.58 bits per heavy atom. The molecule has 6 nitrogen and oxygen atoms in total. The Labute approximate surface area is 152 Å². The highest BCUT2D eigenvalue weighted by molar-refractivity contribution is 6.03. The van der Waals surface area contributed by atoms with Crippen molar-refractivity contribution in [1.29, 1.82) is 0 Å². The topological polar surface area (TPSA) is 69.4 Å². The highest BCUT2D eigenvalue weighted by Gasteiger charge is 2.10. The molecule has 0 atom stereocenters. The zero-order valence-corrected chi connectivity index (χ0v) is 15.0. The van der Waals surface area contributed by atoms with E-state index < -0.39 is 0 Å². The molecule has 0 spiro atoms. The first kappa shape index (κ1) is 16.6. The van der Waals surface area contributed by atoms with Crippen LogP contribution in [-0.4, -0.2) is 30.2 Å². The molecule has 0 radical (unpaired) electrons. The van der Waals surface area contributed by atoms with Crippen LogP contribution < -0.4 is 0 Å². The van der Waals surface area contributed by atoms with Gasteiger partial charge in [0.15, 0.2) is 0 Å². The molecule has 1 aromatic carbocycles. The predicted octanol–water partition coefficient (Wildman–Crippen LogP) is 4.41. The van der Waals surface area contributed by atoms with Gasteiger partial charge in [0.05, 0.1) is 17.6 Å². The van der Waals surface area contributed by atoms with Gasteiger partial charge in [-0.25, -0.2) is 4.98 Å². The summed E-state index contributed by atoms with van der Waals surface area (Å²) >= 11 is 0. The average Bonchev–Trinajstić information content (AvgIpc) is 3.16. The summed E-state index contributed by atoms with van der Waals surface area (Å²) in [5, 5.41) is 15.0. The van der Waals surface area contributed by atoms with Gasteiger partial charge in [0.1, 0.15) is 5.69 Å². The van der Waals surface area contributed by atoms with E-state index in [1.165, 1.54) is 25.7 Å². The molecule has 0 saturated heterocycles. The number of fused-ring (bicyclic) bond motifs is 3. The Bertz CT molecular complexity index is 1020. The number of pyridine rings is 2. The van der Waals surface area contributed by atoms with Crippen molar-refractivity contribution < 1.29 is 0 Å². The van der Waals surface area contributed by atoms with Gasteiger partial charge in [-0.05, 0) is 23.8 Å². The number of benzene rings is 1. The summed E-state index contributed by atoms with van der Waals surface area (Å²) in [5.74, 6) is 0.563. The number of aromatic nitrogens is 6. The lowest BCUT2D eigenvalue weighted by atomic mass is 10.1. The SMILES string of the molecule is CCCCCCCn1nnc(-c2ccc3ccc4cccnc4c3n2)n1. The van der Waals surface area contributed by atoms with Gasteiger partial charge in [0.25, 0.3) is 0 Å². The first-order valence-electron chi connectivity index (χ1n) is 9.28. The smallest absolute Gasteiger partial charge is 0.223 e. The van der Waals surface area contributed by atoms with Crippen LogP contribution in [0, 0.1) is 0 Å². The van der Waals surface area contributed by atoms with Crippen LogP contribution in [0.15, 0.2) is 42.6 Å². The van der Waals surface area contributed by atoms with Gasteiger partial charge in [-0.3, -0.25) is 4.98 Å². The van der Waals surface area contributed by atoms with Crippen LogP contribution >= 0.6 is 0 Å². The fraction of sp³-hybridized carbons (Fsp3) is 0.350. The fourth-order valence-electron chi connectivity index (χ4n) is 3.15. The van der Waals surface area contributed by atoms with Crippen molar-refractivity contribution in [1.82, 2.24) is 30.2 Å². The lowest BCUT2D eigenvalue weighted by Crippen LogP contribution is -2.02. The van der Waals surface area contributed by atoms with Crippen molar-refractivity contribution in [3.63, 3.8) is 0 Å². The Hall–Kier alpha value is -2.89. The van der Waals surface area contributed by atoms with Gasteiger partial charge in [0, 0.05) is 17.0 Å². The third-order valence-corrected chi connectivity index (χ3v) is 4.58. The van der Waals surface area contributed by atoms with E-state index in [0.717, 1.165) is 40.5 Å². The molecule has 132 valence electrons. The van der Waals surface area contributed by atoms with Crippen LogP contribution in [0.3, 0.4) is 0 Å². The van der Waals surface area contributed by atoms with E-state index in [4.69, 9.17) is 4.98 Å². The molecule has 0 N–H and O–H groups in total. The van der Waals surface area contributed by atoms with Gasteiger partial charge < -0.3 is 0 Å². The van der Waals surface area contributed by atoms with E-state index in [-0.39, 0.29) is 0 Å². The number of tetrazole rings is 1. The highest BCUT2D eigenvalue weighted by Crippen LogP contribution is 2.24. The number of nitrogens with zero attached hydrogens (tertiary/aromatic N) is 6. The minimum Gasteiger partial charge on any atom is -0.254 e. The van der Waals surface area contributed by atoms with Gasteiger partial charge in [-0.2, -0.15) is 4.80 Å². The molecule has 0 amide bonds. The van der Waals surface area contributed by atoms with Gasteiger partial charge in [-0.1, -0.05) is 56.9 Å². The van der Waals surface area contributed by atoms with Crippen molar-refractivity contribution in [3.05, 3.63) is 42.6 Å². The third-order valence-electron chi connectivity index (χ3n) is 4.58. The molecule has 0 aliphatic rings. The summed E-state index contributed by atoms with van der Waals surface area (Å²) in [7, 11) is 0. The normalized spacial score (nSPS) is 11.4. The molecule has 4 aromatic rings. The van der Waals surface area contributed by atoms with Crippen LogP contribution in [0.1, 0.15) is 39.0 Å². The molecule has 0 bridgehead atoms. The minimum absolute atomic E-state index is 0.563. The Kier molecular flexibility index (Phi) is 4.82. The number of hydrogen-bond acceptors (Lipinski definition) is 5. The number of unbranched alkanes of at least 4 members (excludes halogenated alkanes) is 4. The second-order valence-electron chi connectivity index (χ2n) is 6.53. The molecule has 3 aromatic heterocycles. The van der Waals surface area contributed by atoms with Crippen molar-refractivity contribution in [3.8, 4) is 11.5 Å². The molecule has 0 aliphatic heterocycles. The molecule has 0 fully saturated rings. The number of hydrogen-bond donors (Lipinski definition) is 0. The quantitative estimate of drug-likeness (QED) is 0.366. The van der Waals surface area contributed by atoms with E-state index in [0.29, 0.717) is 5.82 Å².